The van der Waals surface area contributed by atoms with E-state index in [2.05, 4.69) is 11.9 Å². The van der Waals surface area contributed by atoms with Crippen LogP contribution in [0, 0.1) is 0 Å². The molecule has 0 N–H and O–H groups in total. The lowest BCUT2D eigenvalue weighted by molar-refractivity contribution is -0.128. The van der Waals surface area contributed by atoms with Gasteiger partial charge < -0.3 is 0 Å². The topological polar surface area (TPSA) is 33.2 Å². The molecule has 0 aliphatic heterocycles. The Kier molecular flexibility index (Phi) is 4.19. The quantitative estimate of drug-likeness (QED) is 0.837. The van der Waals surface area contributed by atoms with Crippen LogP contribution in [0.1, 0.15) is 25.8 Å². The molecule has 0 bridgehead atoms. The van der Waals surface area contributed by atoms with Crippen molar-refractivity contribution in [2.75, 3.05) is 14.1 Å². The molecule has 0 aliphatic carbocycles. The minimum Gasteiger partial charge on any atom is -0.297 e. The maximum atomic E-state index is 12.7. The van der Waals surface area contributed by atoms with Crippen LogP contribution in [-0.2, 0) is 11.2 Å². The molecule has 2 aromatic rings. The summed E-state index contributed by atoms with van der Waals surface area (Å²) in [6.07, 6.45) is 3.04. The molecule has 1 atom stereocenters. The lowest BCUT2D eigenvalue weighted by Gasteiger charge is -2.34. The molecule has 0 fully saturated rings. The monoisotopic (exact) mass is 270 g/mol. The van der Waals surface area contributed by atoms with Gasteiger partial charge in [0.1, 0.15) is 0 Å². The minimum atomic E-state index is -0.412. The van der Waals surface area contributed by atoms with E-state index in [0.29, 0.717) is 6.42 Å². The fourth-order valence-corrected chi connectivity index (χ4v) is 2.44. The van der Waals surface area contributed by atoms with Crippen LogP contribution in [0.3, 0.4) is 0 Å². The number of hydrogen-bond donors (Lipinski definition) is 0. The van der Waals surface area contributed by atoms with Gasteiger partial charge in [-0.2, -0.15) is 0 Å². The second-order valence-electron chi connectivity index (χ2n) is 5.61. The van der Waals surface area contributed by atoms with Crippen LogP contribution in [0.25, 0.3) is 10.9 Å². The van der Waals surface area contributed by atoms with Gasteiger partial charge in [-0.05, 0) is 45.1 Å². The third kappa shape index (κ3) is 2.59. The Hall–Kier alpha value is -1.74. The van der Waals surface area contributed by atoms with Crippen LogP contribution in [-0.4, -0.2) is 35.3 Å². The van der Waals surface area contributed by atoms with Gasteiger partial charge in [0.05, 0.1) is 11.1 Å². The van der Waals surface area contributed by atoms with Crippen molar-refractivity contribution in [1.82, 2.24) is 9.88 Å². The van der Waals surface area contributed by atoms with Gasteiger partial charge in [-0.3, -0.25) is 14.7 Å². The predicted octanol–water partition coefficient (Wildman–Crippen LogP) is 3.08. The van der Waals surface area contributed by atoms with Gasteiger partial charge in [0.15, 0.2) is 5.78 Å². The molecule has 1 heterocycles. The Balaban J connectivity index is 2.35. The first-order valence-electron chi connectivity index (χ1n) is 7.02. The SMILES string of the molecule is CCC(C)(C(=O)Cc1ccnc2ccccc12)N(C)C. The summed E-state index contributed by atoms with van der Waals surface area (Å²) in [7, 11) is 3.93. The lowest BCUT2D eigenvalue weighted by Crippen LogP contribution is -2.48. The van der Waals surface area contributed by atoms with Crippen LogP contribution in [0.5, 0.6) is 0 Å². The van der Waals surface area contributed by atoms with Crippen molar-refractivity contribution in [1.29, 1.82) is 0 Å². The standard InChI is InChI=1S/C17H22N2O/c1-5-17(2,19(3)4)16(20)12-13-10-11-18-15-9-7-6-8-14(13)15/h6-11H,5,12H2,1-4H3. The molecule has 0 radical (unpaired) electrons. The van der Waals surface area contributed by atoms with Crippen LogP contribution >= 0.6 is 0 Å². The van der Waals surface area contributed by atoms with Crippen molar-refractivity contribution >= 4 is 16.7 Å². The van der Waals surface area contributed by atoms with Crippen molar-refractivity contribution in [3.8, 4) is 0 Å². The third-order valence-electron chi connectivity index (χ3n) is 4.37. The fraction of sp³-hybridized carbons (Fsp3) is 0.412. The van der Waals surface area contributed by atoms with E-state index in [1.54, 1.807) is 6.20 Å². The maximum absolute atomic E-state index is 12.7. The summed E-state index contributed by atoms with van der Waals surface area (Å²) in [6.45, 7) is 4.07. The second kappa shape index (κ2) is 5.71. The van der Waals surface area contributed by atoms with E-state index < -0.39 is 5.54 Å². The molecule has 0 saturated carbocycles. The molecular formula is C17H22N2O. The van der Waals surface area contributed by atoms with E-state index in [4.69, 9.17) is 0 Å². The predicted molar refractivity (Wildman–Crippen MR) is 82.8 cm³/mol. The van der Waals surface area contributed by atoms with E-state index in [1.165, 1.54) is 0 Å². The van der Waals surface area contributed by atoms with Crippen LogP contribution in [0.15, 0.2) is 36.5 Å². The van der Waals surface area contributed by atoms with Crippen molar-refractivity contribution in [3.05, 3.63) is 42.1 Å². The number of likely N-dealkylation sites (N-methyl/N-ethyl adjacent to an activating group) is 1. The zero-order valence-electron chi connectivity index (χ0n) is 12.7. The Labute approximate surface area is 120 Å². The zero-order valence-corrected chi connectivity index (χ0v) is 12.7. The van der Waals surface area contributed by atoms with Crippen molar-refractivity contribution in [2.24, 2.45) is 0 Å². The normalized spacial score (nSPS) is 14.4. The van der Waals surface area contributed by atoms with Crippen molar-refractivity contribution in [3.63, 3.8) is 0 Å². The molecule has 0 saturated heterocycles. The highest BCUT2D eigenvalue weighted by atomic mass is 16.1. The first kappa shape index (κ1) is 14.7. The molecule has 0 aliphatic rings. The molecule has 1 aromatic heterocycles. The molecule has 0 spiro atoms. The Morgan fingerprint density at radius 3 is 2.60 bits per heavy atom. The second-order valence-corrected chi connectivity index (χ2v) is 5.61. The highest BCUT2D eigenvalue weighted by molar-refractivity contribution is 5.93. The van der Waals surface area contributed by atoms with Gasteiger partial charge in [-0.15, -0.1) is 0 Å². The average Bonchev–Trinajstić information content (AvgIpc) is 2.46. The lowest BCUT2D eigenvalue weighted by atomic mass is 9.87. The summed E-state index contributed by atoms with van der Waals surface area (Å²) < 4.78 is 0. The molecule has 0 amide bonds. The fourth-order valence-electron chi connectivity index (χ4n) is 2.44. The first-order chi connectivity index (χ1) is 9.49. The number of rotatable bonds is 5. The zero-order chi connectivity index (χ0) is 14.8. The summed E-state index contributed by atoms with van der Waals surface area (Å²) >= 11 is 0. The van der Waals surface area contributed by atoms with E-state index >= 15 is 0 Å². The van der Waals surface area contributed by atoms with Gasteiger partial charge in [-0.25, -0.2) is 0 Å². The number of fused-ring (bicyclic) bond motifs is 1. The van der Waals surface area contributed by atoms with Crippen LogP contribution in [0.4, 0.5) is 0 Å². The van der Waals surface area contributed by atoms with Gasteiger partial charge in [-0.1, -0.05) is 25.1 Å². The van der Waals surface area contributed by atoms with Crippen LogP contribution < -0.4 is 0 Å². The maximum Gasteiger partial charge on any atom is 0.157 e. The summed E-state index contributed by atoms with van der Waals surface area (Å²) in [5.41, 5.74) is 1.59. The first-order valence-corrected chi connectivity index (χ1v) is 7.02. The number of Topliss-reactive ketones (excluding diaryl/α,β-unsaturated/α-hetero) is 1. The summed E-state index contributed by atoms with van der Waals surface area (Å²) in [4.78, 5) is 19.0. The van der Waals surface area contributed by atoms with E-state index in [0.717, 1.165) is 22.9 Å². The number of pyridine rings is 1. The van der Waals surface area contributed by atoms with Crippen molar-refractivity contribution in [2.45, 2.75) is 32.2 Å². The third-order valence-corrected chi connectivity index (χ3v) is 4.37. The van der Waals surface area contributed by atoms with E-state index in [1.807, 2.05) is 56.3 Å². The molecule has 1 unspecified atom stereocenters. The number of ketones is 1. The largest absolute Gasteiger partial charge is 0.297 e. The molecule has 2 rings (SSSR count). The Morgan fingerprint density at radius 2 is 1.95 bits per heavy atom. The number of aromatic nitrogens is 1. The molecule has 106 valence electrons. The summed E-state index contributed by atoms with van der Waals surface area (Å²) in [6, 6.07) is 9.92. The van der Waals surface area contributed by atoms with Gasteiger partial charge in [0.2, 0.25) is 0 Å². The molecule has 1 aromatic carbocycles. The number of hydrogen-bond acceptors (Lipinski definition) is 3. The Morgan fingerprint density at radius 1 is 1.25 bits per heavy atom. The number of benzene rings is 1. The number of para-hydroxylation sites is 1. The molecular weight excluding hydrogens is 248 g/mol. The van der Waals surface area contributed by atoms with Crippen LogP contribution in [0.2, 0.25) is 0 Å². The van der Waals surface area contributed by atoms with Crippen molar-refractivity contribution < 1.29 is 4.79 Å². The highest BCUT2D eigenvalue weighted by Crippen LogP contribution is 2.23. The molecule has 3 heteroatoms. The van der Waals surface area contributed by atoms with Gasteiger partial charge >= 0.3 is 0 Å². The number of carbonyl (C=O) groups excluding carboxylic acids is 1. The summed E-state index contributed by atoms with van der Waals surface area (Å²) in [5.74, 6) is 0.251. The Bertz CT molecular complexity index is 616. The van der Waals surface area contributed by atoms with E-state index in [9.17, 15) is 4.79 Å². The van der Waals surface area contributed by atoms with E-state index in [-0.39, 0.29) is 5.78 Å². The van der Waals surface area contributed by atoms with Gasteiger partial charge in [0.25, 0.3) is 0 Å². The molecule has 20 heavy (non-hydrogen) atoms. The highest BCUT2D eigenvalue weighted by Gasteiger charge is 2.33. The average molecular weight is 270 g/mol. The molecule has 3 nitrogen and oxygen atoms in total. The minimum absolute atomic E-state index is 0.251. The smallest absolute Gasteiger partial charge is 0.157 e. The van der Waals surface area contributed by atoms with Gasteiger partial charge in [0, 0.05) is 18.0 Å². The summed E-state index contributed by atoms with van der Waals surface area (Å²) in [5, 5.41) is 1.07. The number of nitrogens with zero attached hydrogens (tertiary/aromatic N) is 2. The number of carbonyl (C=O) groups is 1.